The Morgan fingerprint density at radius 2 is 1.82 bits per heavy atom. The average Bonchev–Trinajstić information content (AvgIpc) is 3.16. The van der Waals surface area contributed by atoms with Gasteiger partial charge in [-0.2, -0.15) is 0 Å². The topological polar surface area (TPSA) is 89.0 Å². The van der Waals surface area contributed by atoms with Gasteiger partial charge in [0.25, 0.3) is 11.7 Å². The molecule has 0 aliphatic carbocycles. The van der Waals surface area contributed by atoms with Gasteiger partial charge in [-0.15, -0.1) is 0 Å². The normalized spacial score (nSPS) is 17.1. The van der Waals surface area contributed by atoms with Gasteiger partial charge in [-0.25, -0.2) is 0 Å². The zero-order valence-corrected chi connectivity index (χ0v) is 23.4. The van der Waals surface area contributed by atoms with Crippen LogP contribution in [0.2, 0.25) is 0 Å². The molecule has 1 saturated heterocycles. The number of aliphatic hydroxyl groups is 1. The lowest BCUT2D eigenvalue weighted by molar-refractivity contribution is -0.140. The van der Waals surface area contributed by atoms with E-state index in [-0.39, 0.29) is 23.3 Å². The first-order valence-corrected chi connectivity index (χ1v) is 13.1. The number of Topliss-reactive ketones (excluding diaryl/α,β-unsaturated/α-hetero) is 1. The van der Waals surface area contributed by atoms with Crippen LogP contribution in [-0.4, -0.2) is 40.4 Å². The van der Waals surface area contributed by atoms with E-state index in [1.54, 1.807) is 24.4 Å². The maximum absolute atomic E-state index is 13.6. The number of hydrogen-bond acceptors (Lipinski definition) is 6. The number of amides is 1. The number of carbonyl (C=O) groups excluding carboxylic acids is 2. The summed E-state index contributed by atoms with van der Waals surface area (Å²) in [6.07, 6.45) is 1.64. The summed E-state index contributed by atoms with van der Waals surface area (Å²) in [5.41, 5.74) is 2.38. The van der Waals surface area contributed by atoms with E-state index >= 15 is 0 Å². The van der Waals surface area contributed by atoms with Gasteiger partial charge in [-0.05, 0) is 58.9 Å². The molecule has 0 spiro atoms. The number of methoxy groups -OCH3 is 1. The highest BCUT2D eigenvalue weighted by Gasteiger charge is 2.46. The molecule has 0 radical (unpaired) electrons. The molecule has 204 valence electrons. The van der Waals surface area contributed by atoms with Crippen molar-refractivity contribution in [1.82, 2.24) is 9.88 Å². The molecule has 0 bridgehead atoms. The molecular weight excluding hydrogens is 492 g/mol. The number of aliphatic hydroxyl groups excluding tert-OH is 1. The van der Waals surface area contributed by atoms with Crippen molar-refractivity contribution in [3.8, 4) is 11.5 Å². The molecule has 4 rings (SSSR count). The number of aromatic nitrogens is 1. The van der Waals surface area contributed by atoms with E-state index in [2.05, 4.69) is 39.6 Å². The van der Waals surface area contributed by atoms with Crippen molar-refractivity contribution >= 4 is 17.4 Å². The summed E-state index contributed by atoms with van der Waals surface area (Å²) in [7, 11) is 1.51. The van der Waals surface area contributed by atoms with E-state index < -0.39 is 17.7 Å². The van der Waals surface area contributed by atoms with Crippen molar-refractivity contribution in [3.63, 3.8) is 0 Å². The minimum absolute atomic E-state index is 0.00120. The minimum atomic E-state index is -0.849. The lowest BCUT2D eigenvalue weighted by Gasteiger charge is -2.26. The summed E-state index contributed by atoms with van der Waals surface area (Å²) in [6.45, 7) is 10.9. The Kier molecular flexibility index (Phi) is 8.09. The molecular formula is C32H36N2O5. The quantitative estimate of drug-likeness (QED) is 0.218. The number of pyridine rings is 1. The maximum atomic E-state index is 13.6. The van der Waals surface area contributed by atoms with Crippen LogP contribution >= 0.6 is 0 Å². The Labute approximate surface area is 230 Å². The van der Waals surface area contributed by atoms with E-state index in [0.29, 0.717) is 40.8 Å². The van der Waals surface area contributed by atoms with Crippen LogP contribution in [0.4, 0.5) is 0 Å². The van der Waals surface area contributed by atoms with Gasteiger partial charge in [-0.1, -0.05) is 58.9 Å². The van der Waals surface area contributed by atoms with Gasteiger partial charge in [0.05, 0.1) is 43.1 Å². The van der Waals surface area contributed by atoms with Gasteiger partial charge in [0.2, 0.25) is 0 Å². The summed E-state index contributed by atoms with van der Waals surface area (Å²) >= 11 is 0. The molecule has 1 N–H and O–H groups in total. The molecule has 1 atom stereocenters. The third-order valence-corrected chi connectivity index (χ3v) is 6.68. The molecule has 1 aliphatic rings. The third kappa shape index (κ3) is 5.98. The number of rotatable bonds is 8. The van der Waals surface area contributed by atoms with Crippen molar-refractivity contribution in [1.29, 1.82) is 0 Å². The van der Waals surface area contributed by atoms with Crippen LogP contribution < -0.4 is 9.47 Å². The second-order valence-electron chi connectivity index (χ2n) is 11.2. The van der Waals surface area contributed by atoms with E-state index in [1.165, 1.54) is 12.0 Å². The van der Waals surface area contributed by atoms with Gasteiger partial charge in [0.15, 0.2) is 0 Å². The molecule has 2 aromatic carbocycles. The fourth-order valence-corrected chi connectivity index (χ4v) is 4.60. The standard InChI is InChI=1S/C32H36N2O5/c1-20(2)19-39-24-12-9-10-21(16-24)28-27(30(36)31(37)34(28)18-23-11-7-8-15-33-23)29(35)25-17-22(32(3,4)5)13-14-26(25)38-6/h7-17,20,28,35H,18-19H2,1-6H3/b29-27+. The highest BCUT2D eigenvalue weighted by Crippen LogP contribution is 2.43. The molecule has 7 nitrogen and oxygen atoms in total. The molecule has 7 heteroatoms. The number of ketones is 1. The van der Waals surface area contributed by atoms with Gasteiger partial charge in [0.1, 0.15) is 17.3 Å². The Morgan fingerprint density at radius 1 is 1.05 bits per heavy atom. The first-order chi connectivity index (χ1) is 18.5. The lowest BCUT2D eigenvalue weighted by atomic mass is 9.85. The van der Waals surface area contributed by atoms with Crippen LogP contribution in [0.3, 0.4) is 0 Å². The van der Waals surface area contributed by atoms with Crippen molar-refractivity contribution in [3.05, 3.63) is 94.8 Å². The van der Waals surface area contributed by atoms with Crippen LogP contribution in [0.25, 0.3) is 5.76 Å². The third-order valence-electron chi connectivity index (χ3n) is 6.68. The fraction of sp³-hybridized carbons (Fsp3) is 0.344. The first kappa shape index (κ1) is 27.9. The zero-order valence-electron chi connectivity index (χ0n) is 23.4. The molecule has 39 heavy (non-hydrogen) atoms. The zero-order chi connectivity index (χ0) is 28.3. The molecule has 1 unspecified atom stereocenters. The van der Waals surface area contributed by atoms with Crippen molar-refractivity contribution in [2.75, 3.05) is 13.7 Å². The van der Waals surface area contributed by atoms with Crippen molar-refractivity contribution < 1.29 is 24.2 Å². The second kappa shape index (κ2) is 11.3. The molecule has 3 aromatic rings. The molecule has 1 aromatic heterocycles. The highest BCUT2D eigenvalue weighted by atomic mass is 16.5. The summed E-state index contributed by atoms with van der Waals surface area (Å²) in [5.74, 6) is -0.387. The van der Waals surface area contributed by atoms with Crippen LogP contribution in [0.1, 0.15) is 63.0 Å². The number of ether oxygens (including phenoxy) is 2. The van der Waals surface area contributed by atoms with Crippen LogP contribution in [-0.2, 0) is 21.5 Å². The average molecular weight is 529 g/mol. The first-order valence-electron chi connectivity index (χ1n) is 13.1. The van der Waals surface area contributed by atoms with Crippen molar-refractivity contribution in [2.45, 2.75) is 52.6 Å². The van der Waals surface area contributed by atoms with E-state index in [1.807, 2.05) is 42.5 Å². The smallest absolute Gasteiger partial charge is 0.296 e. The summed E-state index contributed by atoms with van der Waals surface area (Å²) in [6, 6.07) is 17.4. The summed E-state index contributed by atoms with van der Waals surface area (Å²) < 4.78 is 11.5. The Hall–Kier alpha value is -4.13. The molecule has 0 saturated carbocycles. The number of nitrogens with zero attached hydrogens (tertiary/aromatic N) is 2. The number of benzene rings is 2. The Morgan fingerprint density at radius 3 is 2.46 bits per heavy atom. The fourth-order valence-electron chi connectivity index (χ4n) is 4.60. The summed E-state index contributed by atoms with van der Waals surface area (Å²) in [5, 5.41) is 11.7. The number of likely N-dealkylation sites (tertiary alicyclic amines) is 1. The van der Waals surface area contributed by atoms with Gasteiger partial charge in [0, 0.05) is 6.20 Å². The number of hydrogen-bond donors (Lipinski definition) is 1. The minimum Gasteiger partial charge on any atom is -0.507 e. The SMILES string of the molecule is COc1ccc(C(C)(C)C)cc1/C(O)=C1\C(=O)C(=O)N(Cc2ccccn2)C1c1cccc(OCC(C)C)c1. The summed E-state index contributed by atoms with van der Waals surface area (Å²) in [4.78, 5) is 32.9. The Balaban J connectivity index is 1.91. The van der Waals surface area contributed by atoms with Gasteiger partial charge in [-0.3, -0.25) is 14.6 Å². The Bertz CT molecular complexity index is 1390. The molecule has 1 amide bonds. The van der Waals surface area contributed by atoms with Gasteiger partial charge < -0.3 is 19.5 Å². The maximum Gasteiger partial charge on any atom is 0.296 e. The second-order valence-corrected chi connectivity index (χ2v) is 11.2. The van der Waals surface area contributed by atoms with Gasteiger partial charge >= 0.3 is 0 Å². The van der Waals surface area contributed by atoms with Crippen LogP contribution in [0, 0.1) is 5.92 Å². The lowest BCUT2D eigenvalue weighted by Crippen LogP contribution is -2.29. The number of carbonyl (C=O) groups is 2. The van der Waals surface area contributed by atoms with Crippen molar-refractivity contribution in [2.24, 2.45) is 5.92 Å². The van der Waals surface area contributed by atoms with E-state index in [0.717, 1.165) is 5.56 Å². The van der Waals surface area contributed by atoms with Crippen LogP contribution in [0.15, 0.2) is 72.4 Å². The van der Waals surface area contributed by atoms with E-state index in [4.69, 9.17) is 9.47 Å². The predicted molar refractivity (Wildman–Crippen MR) is 151 cm³/mol. The monoisotopic (exact) mass is 528 g/mol. The molecule has 1 fully saturated rings. The molecule has 1 aliphatic heterocycles. The van der Waals surface area contributed by atoms with E-state index in [9.17, 15) is 14.7 Å². The van der Waals surface area contributed by atoms with Crippen LogP contribution in [0.5, 0.6) is 11.5 Å². The molecule has 2 heterocycles. The largest absolute Gasteiger partial charge is 0.507 e. The highest BCUT2D eigenvalue weighted by molar-refractivity contribution is 6.46. The predicted octanol–water partition coefficient (Wildman–Crippen LogP) is 6.04.